The SMILES string of the molecule is Cc1cc(C(=O)c2ccc(Cl)cc2Cl)sc1C. The van der Waals surface area contributed by atoms with Crippen LogP contribution in [0.4, 0.5) is 0 Å². The van der Waals surface area contributed by atoms with Crippen LogP contribution in [0.3, 0.4) is 0 Å². The van der Waals surface area contributed by atoms with E-state index in [1.54, 1.807) is 18.2 Å². The van der Waals surface area contributed by atoms with Crippen molar-refractivity contribution >= 4 is 40.3 Å². The Hall–Kier alpha value is -0.830. The molecule has 0 bridgehead atoms. The second-order valence-electron chi connectivity index (χ2n) is 3.80. The molecule has 0 spiro atoms. The zero-order valence-electron chi connectivity index (χ0n) is 9.38. The minimum Gasteiger partial charge on any atom is -0.288 e. The predicted octanol–water partition coefficient (Wildman–Crippen LogP) is 4.90. The molecule has 0 N–H and O–H groups in total. The van der Waals surface area contributed by atoms with Gasteiger partial charge in [0.05, 0.1) is 9.90 Å². The van der Waals surface area contributed by atoms with E-state index in [-0.39, 0.29) is 5.78 Å². The van der Waals surface area contributed by atoms with Gasteiger partial charge in [0.2, 0.25) is 5.78 Å². The first kappa shape index (κ1) is 12.6. The van der Waals surface area contributed by atoms with Crippen LogP contribution in [0.1, 0.15) is 25.7 Å². The fraction of sp³-hybridized carbons (Fsp3) is 0.154. The van der Waals surface area contributed by atoms with E-state index in [2.05, 4.69) is 0 Å². The van der Waals surface area contributed by atoms with Crippen molar-refractivity contribution in [2.45, 2.75) is 13.8 Å². The molecule has 0 atom stereocenters. The monoisotopic (exact) mass is 284 g/mol. The number of rotatable bonds is 2. The number of benzene rings is 1. The molecule has 0 fully saturated rings. The zero-order valence-corrected chi connectivity index (χ0v) is 11.7. The van der Waals surface area contributed by atoms with Crippen molar-refractivity contribution in [2.75, 3.05) is 0 Å². The largest absolute Gasteiger partial charge is 0.288 e. The first-order valence-corrected chi connectivity index (χ1v) is 6.63. The maximum absolute atomic E-state index is 12.2. The molecule has 1 nitrogen and oxygen atoms in total. The highest BCUT2D eigenvalue weighted by molar-refractivity contribution is 7.14. The van der Waals surface area contributed by atoms with Crippen molar-refractivity contribution < 1.29 is 4.79 Å². The van der Waals surface area contributed by atoms with Crippen molar-refractivity contribution in [2.24, 2.45) is 0 Å². The summed E-state index contributed by atoms with van der Waals surface area (Å²) in [6.07, 6.45) is 0. The van der Waals surface area contributed by atoms with Gasteiger partial charge in [-0.2, -0.15) is 0 Å². The Kier molecular flexibility index (Phi) is 3.57. The summed E-state index contributed by atoms with van der Waals surface area (Å²) in [6.45, 7) is 3.99. The molecule has 1 aromatic carbocycles. The van der Waals surface area contributed by atoms with Crippen LogP contribution in [0.25, 0.3) is 0 Å². The van der Waals surface area contributed by atoms with E-state index in [1.807, 2.05) is 19.9 Å². The molecule has 0 saturated heterocycles. The highest BCUT2D eigenvalue weighted by atomic mass is 35.5. The molecule has 88 valence electrons. The number of carbonyl (C=O) groups is 1. The molecule has 2 aromatic rings. The molecule has 0 aliphatic rings. The number of carbonyl (C=O) groups excluding carboxylic acids is 1. The summed E-state index contributed by atoms with van der Waals surface area (Å²) in [7, 11) is 0. The second kappa shape index (κ2) is 4.81. The third kappa shape index (κ3) is 2.54. The Morgan fingerprint density at radius 1 is 1.18 bits per heavy atom. The molecule has 0 aliphatic carbocycles. The first-order chi connectivity index (χ1) is 7.99. The maximum atomic E-state index is 12.2. The third-order valence-electron chi connectivity index (χ3n) is 2.57. The van der Waals surface area contributed by atoms with Gasteiger partial charge < -0.3 is 0 Å². The van der Waals surface area contributed by atoms with E-state index >= 15 is 0 Å². The average molecular weight is 285 g/mol. The summed E-state index contributed by atoms with van der Waals surface area (Å²) >= 11 is 13.3. The lowest BCUT2D eigenvalue weighted by Crippen LogP contribution is -1.99. The van der Waals surface area contributed by atoms with Crippen LogP contribution in [0.15, 0.2) is 24.3 Å². The normalized spacial score (nSPS) is 10.6. The molecule has 1 aromatic heterocycles. The third-order valence-corrected chi connectivity index (χ3v) is 4.26. The summed E-state index contributed by atoms with van der Waals surface area (Å²) in [5.41, 5.74) is 1.63. The summed E-state index contributed by atoms with van der Waals surface area (Å²) in [5, 5.41) is 0.927. The standard InChI is InChI=1S/C13H10Cl2OS/c1-7-5-12(17-8(7)2)13(16)10-4-3-9(14)6-11(10)15/h3-6H,1-2H3. The molecule has 0 aliphatic heterocycles. The van der Waals surface area contributed by atoms with Crippen molar-refractivity contribution in [3.8, 4) is 0 Å². The number of hydrogen-bond donors (Lipinski definition) is 0. The Labute approximate surface area is 114 Å². The van der Waals surface area contributed by atoms with Crippen molar-refractivity contribution in [1.29, 1.82) is 0 Å². The van der Waals surface area contributed by atoms with Gasteiger partial charge in [0.25, 0.3) is 0 Å². The molecular weight excluding hydrogens is 275 g/mol. The number of aryl methyl sites for hydroxylation is 2. The highest BCUT2D eigenvalue weighted by Gasteiger charge is 2.15. The van der Waals surface area contributed by atoms with Crippen LogP contribution in [-0.2, 0) is 0 Å². The lowest BCUT2D eigenvalue weighted by Gasteiger charge is -2.01. The smallest absolute Gasteiger partial charge is 0.204 e. The summed E-state index contributed by atoms with van der Waals surface area (Å²) in [6, 6.07) is 6.82. The average Bonchev–Trinajstić information content (AvgIpc) is 2.58. The molecule has 2 rings (SSSR count). The Morgan fingerprint density at radius 2 is 1.88 bits per heavy atom. The van der Waals surface area contributed by atoms with E-state index in [0.29, 0.717) is 20.5 Å². The van der Waals surface area contributed by atoms with Crippen LogP contribution < -0.4 is 0 Å². The van der Waals surface area contributed by atoms with Crippen molar-refractivity contribution in [3.05, 3.63) is 55.2 Å². The lowest BCUT2D eigenvalue weighted by molar-refractivity contribution is 0.104. The lowest BCUT2D eigenvalue weighted by atomic mass is 10.1. The minimum atomic E-state index is -0.0483. The molecule has 17 heavy (non-hydrogen) atoms. The summed E-state index contributed by atoms with van der Waals surface area (Å²) in [4.78, 5) is 14.1. The molecule has 4 heteroatoms. The van der Waals surface area contributed by atoms with Gasteiger partial charge in [-0.15, -0.1) is 11.3 Å². The molecule has 1 heterocycles. The van der Waals surface area contributed by atoms with E-state index in [1.165, 1.54) is 11.3 Å². The highest BCUT2D eigenvalue weighted by Crippen LogP contribution is 2.27. The van der Waals surface area contributed by atoms with Gasteiger partial charge in [-0.3, -0.25) is 4.79 Å². The first-order valence-electron chi connectivity index (χ1n) is 5.06. The topological polar surface area (TPSA) is 17.1 Å². The van der Waals surface area contributed by atoms with E-state index in [0.717, 1.165) is 10.4 Å². The molecule has 0 amide bonds. The molecule has 0 radical (unpaired) electrons. The van der Waals surface area contributed by atoms with Crippen LogP contribution in [0.5, 0.6) is 0 Å². The van der Waals surface area contributed by atoms with E-state index in [4.69, 9.17) is 23.2 Å². The number of halogens is 2. The maximum Gasteiger partial charge on any atom is 0.204 e. The van der Waals surface area contributed by atoms with E-state index in [9.17, 15) is 4.79 Å². The van der Waals surface area contributed by atoms with Crippen LogP contribution >= 0.6 is 34.5 Å². The molecule has 0 saturated carbocycles. The quantitative estimate of drug-likeness (QED) is 0.717. The van der Waals surface area contributed by atoms with Crippen molar-refractivity contribution in [3.63, 3.8) is 0 Å². The predicted molar refractivity (Wildman–Crippen MR) is 73.7 cm³/mol. The van der Waals surface area contributed by atoms with Crippen molar-refractivity contribution in [1.82, 2.24) is 0 Å². The minimum absolute atomic E-state index is 0.0483. The van der Waals surface area contributed by atoms with Gasteiger partial charge in [0, 0.05) is 15.5 Å². The molecule has 0 unspecified atom stereocenters. The van der Waals surface area contributed by atoms with Gasteiger partial charge in [0.1, 0.15) is 0 Å². The number of hydrogen-bond acceptors (Lipinski definition) is 2. The number of ketones is 1. The van der Waals surface area contributed by atoms with Crippen LogP contribution in [0, 0.1) is 13.8 Å². The van der Waals surface area contributed by atoms with E-state index < -0.39 is 0 Å². The Balaban J connectivity index is 2.43. The molecular formula is C13H10Cl2OS. The van der Waals surface area contributed by atoms with Gasteiger partial charge in [-0.05, 0) is 43.7 Å². The van der Waals surface area contributed by atoms with Gasteiger partial charge in [-0.1, -0.05) is 23.2 Å². The zero-order chi connectivity index (χ0) is 12.6. The van der Waals surface area contributed by atoms with Gasteiger partial charge >= 0.3 is 0 Å². The van der Waals surface area contributed by atoms with Crippen LogP contribution in [0.2, 0.25) is 10.0 Å². The van der Waals surface area contributed by atoms with Gasteiger partial charge in [0.15, 0.2) is 0 Å². The summed E-state index contributed by atoms with van der Waals surface area (Å²) in [5.74, 6) is -0.0483. The Bertz CT molecular complexity index is 568. The Morgan fingerprint density at radius 3 is 2.41 bits per heavy atom. The van der Waals surface area contributed by atoms with Crippen LogP contribution in [-0.4, -0.2) is 5.78 Å². The van der Waals surface area contributed by atoms with Gasteiger partial charge in [-0.25, -0.2) is 0 Å². The number of thiophene rings is 1. The fourth-order valence-corrected chi connectivity index (χ4v) is 2.97. The fourth-order valence-electron chi connectivity index (χ4n) is 1.49. The second-order valence-corrected chi connectivity index (χ2v) is 5.90. The summed E-state index contributed by atoms with van der Waals surface area (Å²) < 4.78 is 0.